The number of hydrogen-bond acceptors (Lipinski definition) is 4. The molecule has 1 amide bonds. The second kappa shape index (κ2) is 7.35. The van der Waals surface area contributed by atoms with Crippen LogP contribution < -0.4 is 10.6 Å². The first kappa shape index (κ1) is 17.6. The van der Waals surface area contributed by atoms with Crippen LogP contribution in [0.25, 0.3) is 0 Å². The van der Waals surface area contributed by atoms with E-state index >= 15 is 0 Å². The van der Waals surface area contributed by atoms with Gasteiger partial charge in [-0.25, -0.2) is 9.97 Å². The number of benzene rings is 2. The highest BCUT2D eigenvalue weighted by Crippen LogP contribution is 2.19. The lowest BCUT2D eigenvalue weighted by atomic mass is 10.1. The molecule has 26 heavy (non-hydrogen) atoms. The molecular weight excluding hydrogens is 324 g/mol. The van der Waals surface area contributed by atoms with Crippen LogP contribution in [-0.4, -0.2) is 15.9 Å². The monoisotopic (exact) mass is 346 g/mol. The Kier molecular flexibility index (Phi) is 4.98. The van der Waals surface area contributed by atoms with Gasteiger partial charge in [0.25, 0.3) is 5.91 Å². The molecule has 0 bridgehead atoms. The van der Waals surface area contributed by atoms with Crippen LogP contribution in [0, 0.1) is 27.7 Å². The van der Waals surface area contributed by atoms with Crippen molar-refractivity contribution < 1.29 is 4.79 Å². The Morgan fingerprint density at radius 3 is 2.27 bits per heavy atom. The lowest BCUT2D eigenvalue weighted by molar-refractivity contribution is 0.102. The van der Waals surface area contributed by atoms with Gasteiger partial charge in [-0.2, -0.15) is 0 Å². The number of aromatic nitrogens is 2. The first-order chi connectivity index (χ1) is 12.4. The zero-order chi connectivity index (χ0) is 18.7. The average molecular weight is 346 g/mol. The molecule has 1 heterocycles. The van der Waals surface area contributed by atoms with Crippen LogP contribution in [0.5, 0.6) is 0 Å². The van der Waals surface area contributed by atoms with E-state index in [9.17, 15) is 4.79 Å². The van der Waals surface area contributed by atoms with Crippen LogP contribution in [0.3, 0.4) is 0 Å². The van der Waals surface area contributed by atoms with E-state index in [4.69, 9.17) is 0 Å². The first-order valence-electron chi connectivity index (χ1n) is 8.49. The second-order valence-corrected chi connectivity index (χ2v) is 6.45. The van der Waals surface area contributed by atoms with Crippen molar-refractivity contribution in [3.63, 3.8) is 0 Å². The highest BCUT2D eigenvalue weighted by Gasteiger charge is 2.12. The second-order valence-electron chi connectivity index (χ2n) is 6.45. The van der Waals surface area contributed by atoms with Gasteiger partial charge < -0.3 is 10.6 Å². The molecule has 0 saturated carbocycles. The van der Waals surface area contributed by atoms with Gasteiger partial charge in [-0.15, -0.1) is 0 Å². The molecule has 0 aliphatic carbocycles. The fourth-order valence-corrected chi connectivity index (χ4v) is 2.59. The fraction of sp³-hybridized carbons (Fsp3) is 0.190. The zero-order valence-corrected chi connectivity index (χ0v) is 15.4. The smallest absolute Gasteiger partial charge is 0.274 e. The van der Waals surface area contributed by atoms with Gasteiger partial charge in [0.05, 0.1) is 0 Å². The molecular formula is C21H22N4O. The average Bonchev–Trinajstić information content (AvgIpc) is 2.59. The van der Waals surface area contributed by atoms with Crippen molar-refractivity contribution >= 4 is 23.1 Å². The van der Waals surface area contributed by atoms with E-state index in [0.29, 0.717) is 17.3 Å². The van der Waals surface area contributed by atoms with Gasteiger partial charge >= 0.3 is 0 Å². The quantitative estimate of drug-likeness (QED) is 0.718. The molecule has 1 aromatic heterocycles. The summed E-state index contributed by atoms with van der Waals surface area (Å²) in [6, 6.07) is 15.6. The van der Waals surface area contributed by atoms with E-state index in [1.807, 2.05) is 63.2 Å². The van der Waals surface area contributed by atoms with E-state index in [2.05, 4.69) is 20.6 Å². The van der Waals surface area contributed by atoms with E-state index in [1.165, 1.54) is 5.56 Å². The molecule has 132 valence electrons. The van der Waals surface area contributed by atoms with Crippen molar-refractivity contribution in [2.75, 3.05) is 10.6 Å². The number of rotatable bonds is 4. The van der Waals surface area contributed by atoms with E-state index < -0.39 is 0 Å². The largest absolute Gasteiger partial charge is 0.340 e. The van der Waals surface area contributed by atoms with Crippen molar-refractivity contribution in [3.05, 3.63) is 76.7 Å². The number of anilines is 3. The van der Waals surface area contributed by atoms with Gasteiger partial charge in [-0.3, -0.25) is 4.79 Å². The Balaban J connectivity index is 1.83. The standard InChI is InChI=1S/C21H22N4O/c1-13-6-9-17(10-7-13)24-20-12-19(22-16(4)23-20)21(26)25-18-11-14(2)5-8-15(18)3/h5-12H,1-4H3,(H,25,26)(H,22,23,24). The minimum atomic E-state index is -0.254. The van der Waals surface area contributed by atoms with Gasteiger partial charge in [0, 0.05) is 17.4 Å². The number of nitrogens with one attached hydrogen (secondary N) is 2. The molecule has 5 nitrogen and oxygen atoms in total. The summed E-state index contributed by atoms with van der Waals surface area (Å²) in [6.45, 7) is 7.77. The Morgan fingerprint density at radius 2 is 1.54 bits per heavy atom. The number of amides is 1. The predicted molar refractivity (Wildman–Crippen MR) is 105 cm³/mol. The van der Waals surface area contributed by atoms with Crippen LogP contribution in [0.1, 0.15) is 33.0 Å². The van der Waals surface area contributed by atoms with Crippen LogP contribution in [0.2, 0.25) is 0 Å². The molecule has 0 atom stereocenters. The summed E-state index contributed by atoms with van der Waals surface area (Å²) in [5, 5.41) is 6.16. The van der Waals surface area contributed by atoms with Gasteiger partial charge in [0.15, 0.2) is 0 Å². The zero-order valence-electron chi connectivity index (χ0n) is 15.4. The third-order valence-electron chi connectivity index (χ3n) is 4.04. The van der Waals surface area contributed by atoms with Crippen molar-refractivity contribution in [3.8, 4) is 0 Å². The number of carbonyl (C=O) groups excluding carboxylic acids is 1. The molecule has 0 fully saturated rings. The number of nitrogens with zero attached hydrogens (tertiary/aromatic N) is 2. The number of aryl methyl sites for hydroxylation is 4. The SMILES string of the molecule is Cc1ccc(Nc2cc(C(=O)Nc3cc(C)ccc3C)nc(C)n2)cc1. The van der Waals surface area contributed by atoms with Gasteiger partial charge in [-0.1, -0.05) is 29.8 Å². The Bertz CT molecular complexity index is 949. The lowest BCUT2D eigenvalue weighted by Crippen LogP contribution is -2.16. The molecule has 0 spiro atoms. The Labute approximate surface area is 153 Å². The van der Waals surface area contributed by atoms with Crippen LogP contribution in [-0.2, 0) is 0 Å². The highest BCUT2D eigenvalue weighted by molar-refractivity contribution is 6.03. The van der Waals surface area contributed by atoms with Crippen LogP contribution in [0.15, 0.2) is 48.5 Å². The molecule has 0 aliphatic rings. The maximum absolute atomic E-state index is 12.6. The molecule has 5 heteroatoms. The van der Waals surface area contributed by atoms with Gasteiger partial charge in [0.2, 0.25) is 0 Å². The summed E-state index contributed by atoms with van der Waals surface area (Å²) in [7, 11) is 0. The predicted octanol–water partition coefficient (Wildman–Crippen LogP) is 4.71. The topological polar surface area (TPSA) is 66.9 Å². The summed E-state index contributed by atoms with van der Waals surface area (Å²) in [5.74, 6) is 0.872. The Hall–Kier alpha value is -3.21. The summed E-state index contributed by atoms with van der Waals surface area (Å²) in [6.07, 6.45) is 0. The van der Waals surface area contributed by atoms with E-state index in [-0.39, 0.29) is 5.91 Å². The third-order valence-corrected chi connectivity index (χ3v) is 4.04. The molecule has 0 unspecified atom stereocenters. The van der Waals surface area contributed by atoms with Crippen molar-refractivity contribution in [1.29, 1.82) is 0 Å². The van der Waals surface area contributed by atoms with Crippen molar-refractivity contribution in [2.45, 2.75) is 27.7 Å². The number of carbonyl (C=O) groups is 1. The third kappa shape index (κ3) is 4.25. The summed E-state index contributed by atoms with van der Waals surface area (Å²) in [5.41, 5.74) is 5.31. The normalized spacial score (nSPS) is 10.5. The molecule has 3 aromatic rings. The summed E-state index contributed by atoms with van der Waals surface area (Å²) >= 11 is 0. The van der Waals surface area contributed by atoms with E-state index in [1.54, 1.807) is 13.0 Å². The minimum absolute atomic E-state index is 0.254. The number of hydrogen-bond donors (Lipinski definition) is 2. The first-order valence-corrected chi connectivity index (χ1v) is 8.49. The maximum atomic E-state index is 12.6. The fourth-order valence-electron chi connectivity index (χ4n) is 2.59. The molecule has 0 radical (unpaired) electrons. The maximum Gasteiger partial charge on any atom is 0.274 e. The molecule has 0 aliphatic heterocycles. The summed E-state index contributed by atoms with van der Waals surface area (Å²) in [4.78, 5) is 21.3. The van der Waals surface area contributed by atoms with Gasteiger partial charge in [0.1, 0.15) is 17.3 Å². The lowest BCUT2D eigenvalue weighted by Gasteiger charge is -2.11. The van der Waals surface area contributed by atoms with Crippen molar-refractivity contribution in [2.24, 2.45) is 0 Å². The van der Waals surface area contributed by atoms with Crippen LogP contribution in [0.4, 0.5) is 17.2 Å². The Morgan fingerprint density at radius 1 is 0.846 bits per heavy atom. The highest BCUT2D eigenvalue weighted by atomic mass is 16.1. The summed E-state index contributed by atoms with van der Waals surface area (Å²) < 4.78 is 0. The van der Waals surface area contributed by atoms with Gasteiger partial charge in [-0.05, 0) is 57.0 Å². The minimum Gasteiger partial charge on any atom is -0.340 e. The van der Waals surface area contributed by atoms with Crippen molar-refractivity contribution in [1.82, 2.24) is 9.97 Å². The van der Waals surface area contributed by atoms with E-state index in [0.717, 1.165) is 22.5 Å². The molecule has 3 rings (SSSR count). The molecule has 2 aromatic carbocycles. The van der Waals surface area contributed by atoms with Crippen LogP contribution >= 0.6 is 0 Å². The molecule has 0 saturated heterocycles. The molecule has 2 N–H and O–H groups in total.